The molecule has 1 N–H and O–H groups in total. The molecule has 2 atom stereocenters. The fourth-order valence-corrected chi connectivity index (χ4v) is 9.73. The summed E-state index contributed by atoms with van der Waals surface area (Å²) < 4.78 is 0. The Morgan fingerprint density at radius 1 is 0.548 bits per heavy atom. The van der Waals surface area contributed by atoms with Crippen molar-refractivity contribution in [2.45, 2.75) is 89.9 Å². The molecule has 2 aliphatic carbocycles. The molecule has 2 aliphatic rings. The van der Waals surface area contributed by atoms with Crippen LogP contribution in [0.4, 0.5) is 0 Å². The van der Waals surface area contributed by atoms with E-state index in [1.54, 1.807) is 33.1 Å². The molecule has 62 heavy (non-hydrogen) atoms. The van der Waals surface area contributed by atoms with Crippen molar-refractivity contribution < 1.29 is 29.1 Å². The average molecular weight is 860 g/mol. The first-order valence-electron chi connectivity index (χ1n) is 21.9. The van der Waals surface area contributed by atoms with Crippen LogP contribution in [0.1, 0.15) is 88.2 Å². The number of hydrogen-bond donors (Lipinski definition) is 1. The highest BCUT2D eigenvalue weighted by atomic mass is 35.5. The van der Waals surface area contributed by atoms with Crippen molar-refractivity contribution >= 4 is 41.0 Å². The maximum absolute atomic E-state index is 13.4. The zero-order valence-electron chi connectivity index (χ0n) is 36.9. The maximum Gasteiger partial charge on any atom is 0.304 e. The number of allylic oxidation sites excluding steroid dienone is 1. The SMILES string of the molecule is C=C(Cl)CC1(C(=O)C[C@@H](Cc2ccc(-c3ccccc3)cc2)C(=O)N(C)C)CCCC1.CN(C)C(=O)[C@@H](CC(=O)C1(CC(=O)O)CCCC1)Cc1ccc(-c2ccccc2)cc1. The molecule has 0 radical (unpaired) electrons. The third kappa shape index (κ3) is 12.9. The molecule has 0 bridgehead atoms. The molecular weight excluding hydrogens is 796 g/mol. The fourth-order valence-electron chi connectivity index (χ4n) is 9.47. The van der Waals surface area contributed by atoms with E-state index in [4.69, 9.17) is 11.6 Å². The second-order valence-electron chi connectivity index (χ2n) is 17.9. The quantitative estimate of drug-likeness (QED) is 0.107. The first-order valence-corrected chi connectivity index (χ1v) is 22.3. The second kappa shape index (κ2) is 22.1. The lowest BCUT2D eigenvalue weighted by Crippen LogP contribution is -2.37. The number of carboxylic acid groups (broad SMARTS) is 1. The molecule has 0 aromatic heterocycles. The molecule has 6 rings (SSSR count). The Morgan fingerprint density at radius 3 is 1.18 bits per heavy atom. The van der Waals surface area contributed by atoms with Crippen molar-refractivity contribution in [2.75, 3.05) is 28.2 Å². The summed E-state index contributed by atoms with van der Waals surface area (Å²) in [5.41, 5.74) is 5.33. The minimum atomic E-state index is -0.942. The molecule has 2 saturated carbocycles. The molecule has 328 valence electrons. The van der Waals surface area contributed by atoms with Crippen molar-refractivity contribution in [3.63, 3.8) is 0 Å². The van der Waals surface area contributed by atoms with Crippen LogP contribution in [-0.2, 0) is 36.8 Å². The summed E-state index contributed by atoms with van der Waals surface area (Å²) in [5, 5.41) is 9.88. The summed E-state index contributed by atoms with van der Waals surface area (Å²) in [4.78, 5) is 67.0. The van der Waals surface area contributed by atoms with Gasteiger partial charge >= 0.3 is 5.97 Å². The van der Waals surface area contributed by atoms with Crippen LogP contribution in [0.2, 0.25) is 0 Å². The Balaban J connectivity index is 0.000000234. The van der Waals surface area contributed by atoms with Crippen molar-refractivity contribution in [3.8, 4) is 22.3 Å². The average Bonchev–Trinajstić information content (AvgIpc) is 3.95. The number of benzene rings is 4. The van der Waals surface area contributed by atoms with Gasteiger partial charge in [-0.15, -0.1) is 0 Å². The standard InChI is InChI=1S/C27H32ClNO2.C26H31NO4/c1-20(28)19-27(15-7-8-16-27)25(30)18-24(26(31)29(2)3)17-21-11-13-23(14-12-21)22-9-5-4-6-10-22;1-27(2)25(31)22(17-23(28)26(18-24(29)30)14-6-7-15-26)16-19-10-12-21(13-11-19)20-8-4-3-5-9-20/h4-6,9-14,24H,1,7-8,15-19H2,2-3H3;3-5,8-13,22H,6-7,14-18H2,1-2H3,(H,29,30)/t24-;22-/m11/s1. The van der Waals surface area contributed by atoms with Gasteiger partial charge in [0.1, 0.15) is 11.6 Å². The molecule has 2 fully saturated rings. The molecule has 4 aromatic carbocycles. The highest BCUT2D eigenvalue weighted by molar-refractivity contribution is 6.29. The number of halogens is 1. The summed E-state index contributed by atoms with van der Waals surface area (Å²) in [6, 6.07) is 36.7. The van der Waals surface area contributed by atoms with Gasteiger partial charge in [-0.1, -0.05) is 153 Å². The Labute approximate surface area is 373 Å². The molecule has 9 heteroatoms. The number of carbonyl (C=O) groups excluding carboxylic acids is 4. The number of aliphatic carboxylic acids is 1. The molecule has 0 spiro atoms. The van der Waals surface area contributed by atoms with E-state index in [0.29, 0.717) is 37.1 Å². The minimum absolute atomic E-state index is 0.00154. The lowest BCUT2D eigenvalue weighted by atomic mass is 9.74. The van der Waals surface area contributed by atoms with Crippen LogP contribution in [0.5, 0.6) is 0 Å². The fraction of sp³-hybridized carbons (Fsp3) is 0.415. The number of rotatable bonds is 18. The molecule has 0 heterocycles. The number of amides is 2. The predicted octanol–water partition coefficient (Wildman–Crippen LogP) is 10.9. The van der Waals surface area contributed by atoms with Crippen LogP contribution in [0.15, 0.2) is 121 Å². The van der Waals surface area contributed by atoms with Crippen LogP contribution in [0.3, 0.4) is 0 Å². The number of carboxylic acids is 1. The van der Waals surface area contributed by atoms with E-state index in [1.165, 1.54) is 4.90 Å². The van der Waals surface area contributed by atoms with Gasteiger partial charge < -0.3 is 14.9 Å². The molecule has 0 saturated heterocycles. The molecule has 4 aromatic rings. The van der Waals surface area contributed by atoms with Gasteiger partial charge in [0, 0.05) is 68.7 Å². The summed E-state index contributed by atoms with van der Waals surface area (Å²) >= 11 is 6.11. The Kier molecular flexibility index (Phi) is 17.0. The lowest BCUT2D eigenvalue weighted by Gasteiger charge is -2.29. The largest absolute Gasteiger partial charge is 0.481 e. The van der Waals surface area contributed by atoms with Gasteiger partial charge in [-0.05, 0) is 78.3 Å². The van der Waals surface area contributed by atoms with E-state index in [-0.39, 0.29) is 48.6 Å². The first-order chi connectivity index (χ1) is 29.6. The van der Waals surface area contributed by atoms with Gasteiger partial charge in [0.05, 0.1) is 6.42 Å². The van der Waals surface area contributed by atoms with Crippen molar-refractivity contribution in [1.82, 2.24) is 9.80 Å². The molecule has 2 amide bonds. The normalized spacial score (nSPS) is 16.0. The van der Waals surface area contributed by atoms with E-state index >= 15 is 0 Å². The molecule has 0 unspecified atom stereocenters. The van der Waals surface area contributed by atoms with Gasteiger partial charge in [0.25, 0.3) is 0 Å². The number of ketones is 2. The summed E-state index contributed by atoms with van der Waals surface area (Å²) in [6.07, 6.45) is 8.41. The van der Waals surface area contributed by atoms with Crippen LogP contribution in [-0.4, -0.2) is 72.4 Å². The van der Waals surface area contributed by atoms with Crippen molar-refractivity contribution in [1.29, 1.82) is 0 Å². The van der Waals surface area contributed by atoms with Crippen molar-refractivity contribution in [2.24, 2.45) is 22.7 Å². The smallest absolute Gasteiger partial charge is 0.304 e. The van der Waals surface area contributed by atoms with Gasteiger partial charge in [-0.2, -0.15) is 0 Å². The zero-order valence-corrected chi connectivity index (χ0v) is 37.7. The monoisotopic (exact) mass is 858 g/mol. The second-order valence-corrected chi connectivity index (χ2v) is 18.4. The van der Waals surface area contributed by atoms with E-state index in [9.17, 15) is 29.1 Å². The topological polar surface area (TPSA) is 112 Å². The van der Waals surface area contributed by atoms with Crippen LogP contribution < -0.4 is 0 Å². The number of nitrogens with zero attached hydrogens (tertiary/aromatic N) is 2. The minimum Gasteiger partial charge on any atom is -0.481 e. The first kappa shape index (κ1) is 47.7. The third-order valence-electron chi connectivity index (χ3n) is 12.9. The highest BCUT2D eigenvalue weighted by Gasteiger charge is 2.44. The number of hydrogen-bond acceptors (Lipinski definition) is 5. The van der Waals surface area contributed by atoms with E-state index in [1.807, 2.05) is 60.7 Å². The van der Waals surface area contributed by atoms with Crippen LogP contribution in [0.25, 0.3) is 22.3 Å². The Bertz CT molecular complexity index is 1980. The van der Waals surface area contributed by atoms with Gasteiger partial charge in [0.15, 0.2) is 0 Å². The summed E-state index contributed by atoms with van der Waals surface area (Å²) in [6.45, 7) is 3.83. The van der Waals surface area contributed by atoms with E-state index < -0.39 is 22.7 Å². The Hall–Kier alpha value is -5.34. The summed E-state index contributed by atoms with van der Waals surface area (Å²) in [5.74, 6) is -1.81. The third-order valence-corrected chi connectivity index (χ3v) is 13.0. The molecule has 8 nitrogen and oxygen atoms in total. The summed E-state index contributed by atoms with van der Waals surface area (Å²) in [7, 11) is 6.90. The van der Waals surface area contributed by atoms with E-state index in [0.717, 1.165) is 71.9 Å². The number of Topliss-reactive ketones (excluding diaryl/α,β-unsaturated/α-hetero) is 2. The lowest BCUT2D eigenvalue weighted by molar-refractivity contribution is -0.145. The van der Waals surface area contributed by atoms with Crippen molar-refractivity contribution in [3.05, 3.63) is 132 Å². The zero-order chi connectivity index (χ0) is 44.9. The van der Waals surface area contributed by atoms with Gasteiger partial charge in [-0.25, -0.2) is 0 Å². The van der Waals surface area contributed by atoms with Gasteiger partial charge in [0.2, 0.25) is 11.8 Å². The molecular formula is C53H63ClN2O6. The highest BCUT2D eigenvalue weighted by Crippen LogP contribution is 2.46. The maximum atomic E-state index is 13.4. The van der Waals surface area contributed by atoms with E-state index in [2.05, 4.69) is 55.1 Å². The van der Waals surface area contributed by atoms with Gasteiger partial charge in [-0.3, -0.25) is 24.0 Å². The van der Waals surface area contributed by atoms with Crippen LogP contribution in [0, 0.1) is 22.7 Å². The molecule has 0 aliphatic heterocycles. The van der Waals surface area contributed by atoms with Crippen LogP contribution >= 0.6 is 11.6 Å². The predicted molar refractivity (Wildman–Crippen MR) is 248 cm³/mol. The number of carbonyl (C=O) groups is 5. The Morgan fingerprint density at radius 2 is 0.871 bits per heavy atom.